The molecule has 1 aliphatic heterocycles. The van der Waals surface area contributed by atoms with Crippen molar-refractivity contribution in [2.75, 3.05) is 6.61 Å². The molecule has 1 aromatic rings. The van der Waals surface area contributed by atoms with Crippen LogP contribution >= 0.6 is 31.9 Å². The van der Waals surface area contributed by atoms with Gasteiger partial charge in [-0.3, -0.25) is 0 Å². The Morgan fingerprint density at radius 1 is 1.47 bits per heavy atom. The van der Waals surface area contributed by atoms with Crippen LogP contribution in [0.4, 0.5) is 0 Å². The average Bonchev–Trinajstić information content (AvgIpc) is 2.90. The second-order valence-corrected chi connectivity index (χ2v) is 5.93. The van der Waals surface area contributed by atoms with Crippen molar-refractivity contribution in [1.82, 2.24) is 0 Å². The number of hydrogen-bond donors (Lipinski definition) is 1. The quantitative estimate of drug-likeness (QED) is 0.848. The first-order chi connectivity index (χ1) is 8.16. The molecule has 0 saturated carbocycles. The van der Waals surface area contributed by atoms with E-state index in [2.05, 4.69) is 31.9 Å². The first-order valence-corrected chi connectivity index (χ1v) is 7.50. The lowest BCUT2D eigenvalue weighted by Crippen LogP contribution is -2.05. The fraction of sp³-hybridized carbons (Fsp3) is 0.667. The van der Waals surface area contributed by atoms with E-state index in [4.69, 9.17) is 9.15 Å². The molecule has 2 atom stereocenters. The van der Waals surface area contributed by atoms with Crippen molar-refractivity contribution in [3.05, 3.63) is 21.0 Å². The molecule has 1 aliphatic rings. The van der Waals surface area contributed by atoms with Gasteiger partial charge in [0.1, 0.15) is 11.9 Å². The van der Waals surface area contributed by atoms with Crippen LogP contribution in [0.1, 0.15) is 44.0 Å². The topological polar surface area (TPSA) is 42.6 Å². The van der Waals surface area contributed by atoms with Crippen molar-refractivity contribution in [3.63, 3.8) is 0 Å². The van der Waals surface area contributed by atoms with Gasteiger partial charge < -0.3 is 14.3 Å². The van der Waals surface area contributed by atoms with Crippen molar-refractivity contribution >= 4 is 31.9 Å². The molecule has 0 bridgehead atoms. The van der Waals surface area contributed by atoms with Gasteiger partial charge in [0.2, 0.25) is 0 Å². The van der Waals surface area contributed by atoms with E-state index >= 15 is 0 Å². The molecule has 96 valence electrons. The van der Waals surface area contributed by atoms with Gasteiger partial charge in [0.25, 0.3) is 0 Å². The summed E-state index contributed by atoms with van der Waals surface area (Å²) in [7, 11) is 0. The van der Waals surface area contributed by atoms with Crippen molar-refractivity contribution < 1.29 is 14.3 Å². The minimum atomic E-state index is -0.529. The smallest absolute Gasteiger partial charge is 0.183 e. The van der Waals surface area contributed by atoms with E-state index in [-0.39, 0.29) is 0 Å². The molecule has 1 saturated heterocycles. The molecule has 0 aliphatic carbocycles. The standard InChI is InChI=1S/C12H16Br2O3/c13-9-7-11(17-12(9)14)10(15)5-1-3-8-4-2-6-16-8/h7-8,10,15H,1-6H2. The van der Waals surface area contributed by atoms with Gasteiger partial charge in [-0.05, 0) is 70.0 Å². The van der Waals surface area contributed by atoms with Crippen LogP contribution in [-0.2, 0) is 4.74 Å². The largest absolute Gasteiger partial charge is 0.450 e. The van der Waals surface area contributed by atoms with Gasteiger partial charge in [0, 0.05) is 6.61 Å². The normalized spacial score (nSPS) is 21.9. The molecular formula is C12H16Br2O3. The van der Waals surface area contributed by atoms with Crippen molar-refractivity contribution in [2.45, 2.75) is 44.3 Å². The Morgan fingerprint density at radius 2 is 2.29 bits per heavy atom. The molecule has 3 nitrogen and oxygen atoms in total. The molecule has 0 spiro atoms. The summed E-state index contributed by atoms with van der Waals surface area (Å²) in [6, 6.07) is 1.81. The number of furan rings is 1. The van der Waals surface area contributed by atoms with E-state index in [0.717, 1.165) is 30.3 Å². The van der Waals surface area contributed by atoms with Crippen LogP contribution in [0.5, 0.6) is 0 Å². The Bertz CT molecular complexity index is 339. The molecule has 0 aromatic carbocycles. The second kappa shape index (κ2) is 6.36. The lowest BCUT2D eigenvalue weighted by Gasteiger charge is -2.11. The fourth-order valence-electron chi connectivity index (χ4n) is 2.08. The van der Waals surface area contributed by atoms with Gasteiger partial charge in [0.05, 0.1) is 10.6 Å². The summed E-state index contributed by atoms with van der Waals surface area (Å²) >= 11 is 6.60. The van der Waals surface area contributed by atoms with Crippen LogP contribution < -0.4 is 0 Å². The summed E-state index contributed by atoms with van der Waals surface area (Å²) in [6.45, 7) is 0.894. The minimum Gasteiger partial charge on any atom is -0.450 e. The summed E-state index contributed by atoms with van der Waals surface area (Å²) in [5.74, 6) is 0.607. The number of rotatable bonds is 5. The number of ether oxygens (including phenoxy) is 1. The summed E-state index contributed by atoms with van der Waals surface area (Å²) < 4.78 is 12.4. The number of hydrogen-bond acceptors (Lipinski definition) is 3. The molecule has 0 amide bonds. The van der Waals surface area contributed by atoms with Gasteiger partial charge in [-0.2, -0.15) is 0 Å². The third-order valence-electron chi connectivity index (χ3n) is 3.02. The molecule has 2 rings (SSSR count). The van der Waals surface area contributed by atoms with Crippen LogP contribution in [0.15, 0.2) is 19.6 Å². The Morgan fingerprint density at radius 3 is 2.88 bits per heavy atom. The molecule has 2 unspecified atom stereocenters. The van der Waals surface area contributed by atoms with E-state index in [0.29, 0.717) is 23.0 Å². The van der Waals surface area contributed by atoms with Crippen molar-refractivity contribution in [1.29, 1.82) is 0 Å². The Labute approximate surface area is 118 Å². The molecule has 1 aromatic heterocycles. The first-order valence-electron chi connectivity index (χ1n) is 5.91. The summed E-state index contributed by atoms with van der Waals surface area (Å²) in [5, 5.41) is 9.96. The third-order valence-corrected chi connectivity index (χ3v) is 4.73. The predicted octanol–water partition coefficient (Wildman–Crippen LogP) is 4.19. The fourth-order valence-corrected chi connectivity index (χ4v) is 2.69. The molecular weight excluding hydrogens is 352 g/mol. The van der Waals surface area contributed by atoms with E-state index in [1.54, 1.807) is 6.07 Å². The first kappa shape index (κ1) is 13.6. The highest BCUT2D eigenvalue weighted by atomic mass is 79.9. The highest BCUT2D eigenvalue weighted by molar-refractivity contribution is 9.13. The molecule has 17 heavy (non-hydrogen) atoms. The maximum absolute atomic E-state index is 9.96. The lowest BCUT2D eigenvalue weighted by molar-refractivity contribution is 0.0906. The van der Waals surface area contributed by atoms with E-state index in [1.165, 1.54) is 6.42 Å². The van der Waals surface area contributed by atoms with Gasteiger partial charge >= 0.3 is 0 Å². The van der Waals surface area contributed by atoms with Crippen LogP contribution in [0.3, 0.4) is 0 Å². The van der Waals surface area contributed by atoms with E-state index in [9.17, 15) is 5.11 Å². The van der Waals surface area contributed by atoms with E-state index in [1.807, 2.05) is 0 Å². The van der Waals surface area contributed by atoms with E-state index < -0.39 is 6.10 Å². The molecule has 5 heteroatoms. The Kier molecular flexibility index (Phi) is 5.09. The predicted molar refractivity (Wildman–Crippen MR) is 71.9 cm³/mol. The Balaban J connectivity index is 1.74. The average molecular weight is 368 g/mol. The van der Waals surface area contributed by atoms with Gasteiger partial charge in [0.15, 0.2) is 4.67 Å². The number of aliphatic hydroxyl groups excluding tert-OH is 1. The van der Waals surface area contributed by atoms with Crippen LogP contribution in [0, 0.1) is 0 Å². The lowest BCUT2D eigenvalue weighted by atomic mass is 10.1. The van der Waals surface area contributed by atoms with Crippen LogP contribution in [-0.4, -0.2) is 17.8 Å². The highest BCUT2D eigenvalue weighted by Crippen LogP contribution is 2.32. The van der Waals surface area contributed by atoms with Gasteiger partial charge in [-0.15, -0.1) is 0 Å². The summed E-state index contributed by atoms with van der Waals surface area (Å²) in [5.41, 5.74) is 0. The highest BCUT2D eigenvalue weighted by Gasteiger charge is 2.18. The van der Waals surface area contributed by atoms with Gasteiger partial charge in [-0.25, -0.2) is 0 Å². The maximum atomic E-state index is 9.96. The Hall–Kier alpha value is 0.160. The minimum absolute atomic E-state index is 0.400. The number of aliphatic hydroxyl groups is 1. The molecule has 2 heterocycles. The molecule has 1 fully saturated rings. The van der Waals surface area contributed by atoms with Crippen molar-refractivity contribution in [2.24, 2.45) is 0 Å². The zero-order chi connectivity index (χ0) is 12.3. The molecule has 0 radical (unpaired) electrons. The van der Waals surface area contributed by atoms with Crippen LogP contribution in [0.25, 0.3) is 0 Å². The monoisotopic (exact) mass is 366 g/mol. The summed E-state index contributed by atoms with van der Waals surface area (Å²) in [6.07, 6.45) is 4.91. The maximum Gasteiger partial charge on any atom is 0.183 e. The molecule has 1 N–H and O–H groups in total. The zero-order valence-corrected chi connectivity index (χ0v) is 12.7. The third kappa shape index (κ3) is 3.81. The second-order valence-electron chi connectivity index (χ2n) is 4.35. The van der Waals surface area contributed by atoms with Crippen molar-refractivity contribution in [3.8, 4) is 0 Å². The van der Waals surface area contributed by atoms with Gasteiger partial charge in [-0.1, -0.05) is 0 Å². The summed E-state index contributed by atoms with van der Waals surface area (Å²) in [4.78, 5) is 0. The number of halogens is 2. The van der Waals surface area contributed by atoms with Crippen LogP contribution in [0.2, 0.25) is 0 Å². The SMILES string of the molecule is OC(CCCC1CCCO1)c1cc(Br)c(Br)o1. The zero-order valence-electron chi connectivity index (χ0n) is 9.49.